The second-order valence-corrected chi connectivity index (χ2v) is 10.7. The zero-order valence-corrected chi connectivity index (χ0v) is 11.0. The van der Waals surface area contributed by atoms with Crippen LogP contribution in [0.5, 0.6) is 0 Å². The lowest BCUT2D eigenvalue weighted by Crippen LogP contribution is -2.36. The summed E-state index contributed by atoms with van der Waals surface area (Å²) >= 11 is 1.55. The summed E-state index contributed by atoms with van der Waals surface area (Å²) in [6, 6.07) is 10.3. The van der Waals surface area contributed by atoms with Gasteiger partial charge in [-0.05, 0) is 11.5 Å². The number of nitrogens with zero attached hydrogens (tertiary/aromatic N) is 2. The van der Waals surface area contributed by atoms with Crippen LogP contribution in [0.1, 0.15) is 0 Å². The van der Waals surface area contributed by atoms with Gasteiger partial charge in [0.15, 0.2) is 0 Å². The second kappa shape index (κ2) is 3.87. The lowest BCUT2D eigenvalue weighted by atomic mass is 10.2. The smallest absolute Gasteiger partial charge is 0.104 e. The van der Waals surface area contributed by atoms with Crippen molar-refractivity contribution in [3.63, 3.8) is 0 Å². The Bertz CT molecular complexity index is 445. The van der Waals surface area contributed by atoms with Gasteiger partial charge in [0.05, 0.1) is 8.07 Å². The van der Waals surface area contributed by atoms with Crippen LogP contribution in [0.2, 0.25) is 19.6 Å². The first kappa shape index (κ1) is 10.5. The van der Waals surface area contributed by atoms with Crippen LogP contribution in [0, 0.1) is 0 Å². The molecule has 1 aromatic carbocycles. The molecule has 15 heavy (non-hydrogen) atoms. The van der Waals surface area contributed by atoms with Crippen molar-refractivity contribution in [2.45, 2.75) is 19.6 Å². The van der Waals surface area contributed by atoms with Gasteiger partial charge in [-0.2, -0.15) is 0 Å². The van der Waals surface area contributed by atoms with Crippen LogP contribution < -0.4 is 4.50 Å². The van der Waals surface area contributed by atoms with E-state index in [2.05, 4.69) is 41.4 Å². The molecular formula is C11H14N2SSi. The minimum absolute atomic E-state index is 1.08. The molecule has 2 nitrogen and oxygen atoms in total. The predicted molar refractivity (Wildman–Crippen MR) is 68.3 cm³/mol. The van der Waals surface area contributed by atoms with Gasteiger partial charge < -0.3 is 0 Å². The number of benzene rings is 1. The van der Waals surface area contributed by atoms with E-state index in [0.717, 1.165) is 5.69 Å². The molecule has 0 saturated carbocycles. The standard InChI is InChI=1S/C11H14N2SSi/c1-15(2,3)11-10(12-13-14-11)9-7-5-4-6-8-9/h4-8H,1-3H3. The highest BCUT2D eigenvalue weighted by molar-refractivity contribution is 7.23. The van der Waals surface area contributed by atoms with E-state index in [1.54, 1.807) is 11.5 Å². The van der Waals surface area contributed by atoms with Crippen molar-refractivity contribution in [1.29, 1.82) is 0 Å². The minimum atomic E-state index is -1.31. The Morgan fingerprint density at radius 1 is 1.07 bits per heavy atom. The van der Waals surface area contributed by atoms with Gasteiger partial charge in [0.1, 0.15) is 5.69 Å². The maximum atomic E-state index is 4.26. The SMILES string of the molecule is C[Si](C)(C)c1snnc1-c1ccccc1. The number of aromatic nitrogens is 2. The van der Waals surface area contributed by atoms with Gasteiger partial charge in [-0.25, -0.2) is 0 Å². The van der Waals surface area contributed by atoms with Crippen LogP contribution in [-0.4, -0.2) is 17.7 Å². The van der Waals surface area contributed by atoms with Crippen LogP contribution >= 0.6 is 11.5 Å². The summed E-state index contributed by atoms with van der Waals surface area (Å²) < 4.78 is 5.47. The molecule has 0 spiro atoms. The summed E-state index contributed by atoms with van der Waals surface area (Å²) in [4.78, 5) is 0. The maximum absolute atomic E-state index is 4.26. The molecule has 0 fully saturated rings. The molecule has 0 atom stereocenters. The van der Waals surface area contributed by atoms with Gasteiger partial charge in [0.2, 0.25) is 0 Å². The summed E-state index contributed by atoms with van der Waals surface area (Å²) in [7, 11) is -1.31. The molecule has 0 radical (unpaired) electrons. The Hall–Kier alpha value is -1.00. The van der Waals surface area contributed by atoms with E-state index in [4.69, 9.17) is 0 Å². The van der Waals surface area contributed by atoms with Crippen LogP contribution in [0.4, 0.5) is 0 Å². The van der Waals surface area contributed by atoms with Crippen LogP contribution in [0.25, 0.3) is 11.3 Å². The average molecular weight is 234 g/mol. The van der Waals surface area contributed by atoms with Crippen molar-refractivity contribution in [1.82, 2.24) is 9.59 Å². The fourth-order valence-electron chi connectivity index (χ4n) is 1.47. The van der Waals surface area contributed by atoms with Crippen molar-refractivity contribution in [2.24, 2.45) is 0 Å². The number of hydrogen-bond acceptors (Lipinski definition) is 3. The van der Waals surface area contributed by atoms with E-state index in [1.165, 1.54) is 10.1 Å². The first-order valence-electron chi connectivity index (χ1n) is 4.97. The summed E-state index contributed by atoms with van der Waals surface area (Å²) in [5, 5.41) is 4.26. The monoisotopic (exact) mass is 234 g/mol. The van der Waals surface area contributed by atoms with E-state index < -0.39 is 8.07 Å². The largest absolute Gasteiger partial charge is 0.138 e. The van der Waals surface area contributed by atoms with Gasteiger partial charge in [0, 0.05) is 10.1 Å². The fraction of sp³-hybridized carbons (Fsp3) is 0.273. The molecule has 2 aromatic rings. The van der Waals surface area contributed by atoms with Crippen molar-refractivity contribution < 1.29 is 0 Å². The van der Waals surface area contributed by atoms with E-state index in [9.17, 15) is 0 Å². The first-order chi connectivity index (χ1) is 7.09. The number of rotatable bonds is 2. The van der Waals surface area contributed by atoms with Crippen molar-refractivity contribution in [3.8, 4) is 11.3 Å². The lowest BCUT2D eigenvalue weighted by Gasteiger charge is -2.14. The fourth-order valence-corrected chi connectivity index (χ4v) is 4.04. The van der Waals surface area contributed by atoms with Gasteiger partial charge in [-0.1, -0.05) is 54.5 Å². The predicted octanol–water partition coefficient (Wildman–Crippen LogP) is 2.75. The third kappa shape index (κ3) is 2.16. The van der Waals surface area contributed by atoms with Crippen LogP contribution in [0.15, 0.2) is 30.3 Å². The van der Waals surface area contributed by atoms with Gasteiger partial charge in [-0.3, -0.25) is 0 Å². The summed E-state index contributed by atoms with van der Waals surface area (Å²) in [5.74, 6) is 0. The molecule has 0 aliphatic carbocycles. The molecule has 0 bridgehead atoms. The van der Waals surface area contributed by atoms with Gasteiger partial charge >= 0.3 is 0 Å². The summed E-state index contributed by atoms with van der Waals surface area (Å²) in [6.45, 7) is 6.98. The quantitative estimate of drug-likeness (QED) is 0.747. The molecule has 0 unspecified atom stereocenters. The minimum Gasteiger partial charge on any atom is -0.138 e. The maximum Gasteiger partial charge on any atom is 0.104 e. The number of hydrogen-bond donors (Lipinski definition) is 0. The molecule has 0 aliphatic rings. The Morgan fingerprint density at radius 2 is 1.73 bits per heavy atom. The van der Waals surface area contributed by atoms with E-state index in [0.29, 0.717) is 0 Å². The highest BCUT2D eigenvalue weighted by Gasteiger charge is 2.24. The summed E-state index contributed by atoms with van der Waals surface area (Å²) in [6.07, 6.45) is 0. The van der Waals surface area contributed by atoms with E-state index >= 15 is 0 Å². The summed E-state index contributed by atoms with van der Waals surface area (Å²) in [5.41, 5.74) is 2.27. The van der Waals surface area contributed by atoms with Crippen molar-refractivity contribution >= 4 is 24.1 Å². The van der Waals surface area contributed by atoms with Gasteiger partial charge in [0.25, 0.3) is 0 Å². The van der Waals surface area contributed by atoms with E-state index in [1.807, 2.05) is 18.2 Å². The molecule has 4 heteroatoms. The Balaban J connectivity index is 2.51. The highest BCUT2D eigenvalue weighted by Crippen LogP contribution is 2.19. The van der Waals surface area contributed by atoms with Crippen molar-refractivity contribution in [3.05, 3.63) is 30.3 Å². The Kier molecular flexibility index (Phi) is 2.71. The van der Waals surface area contributed by atoms with Gasteiger partial charge in [-0.15, -0.1) is 5.10 Å². The zero-order chi connectivity index (χ0) is 10.9. The highest BCUT2D eigenvalue weighted by atomic mass is 32.1. The topological polar surface area (TPSA) is 25.8 Å². The molecule has 0 aliphatic heterocycles. The van der Waals surface area contributed by atoms with E-state index in [-0.39, 0.29) is 0 Å². The first-order valence-corrected chi connectivity index (χ1v) is 9.24. The Labute approximate surface area is 95.2 Å². The molecule has 2 rings (SSSR count). The normalized spacial score (nSPS) is 11.7. The molecule has 0 N–H and O–H groups in total. The third-order valence-corrected chi connectivity index (χ3v) is 6.47. The van der Waals surface area contributed by atoms with Crippen LogP contribution in [-0.2, 0) is 0 Å². The zero-order valence-electron chi connectivity index (χ0n) is 9.19. The van der Waals surface area contributed by atoms with Crippen molar-refractivity contribution in [2.75, 3.05) is 0 Å². The molecule has 78 valence electrons. The molecular weight excluding hydrogens is 220 g/mol. The molecule has 1 heterocycles. The molecule has 0 saturated heterocycles. The second-order valence-electron chi connectivity index (χ2n) is 4.57. The molecule has 1 aromatic heterocycles. The molecule has 0 amide bonds. The third-order valence-electron chi connectivity index (χ3n) is 2.22. The lowest BCUT2D eigenvalue weighted by molar-refractivity contribution is 1.16. The van der Waals surface area contributed by atoms with Crippen LogP contribution in [0.3, 0.4) is 0 Å². The average Bonchev–Trinajstić information content (AvgIpc) is 2.67. The Morgan fingerprint density at radius 3 is 2.33 bits per heavy atom.